The van der Waals surface area contributed by atoms with E-state index in [1.807, 2.05) is 0 Å². The summed E-state index contributed by atoms with van der Waals surface area (Å²) in [4.78, 5) is 0. The summed E-state index contributed by atoms with van der Waals surface area (Å²) < 4.78 is 26.1. The molecular formula is C14H9O6S-. The molecule has 6 nitrogen and oxygen atoms in total. The Morgan fingerprint density at radius 2 is 1.67 bits per heavy atom. The van der Waals surface area contributed by atoms with Crippen LogP contribution in [0.25, 0.3) is 21.5 Å². The van der Waals surface area contributed by atoms with Crippen molar-refractivity contribution in [3.05, 3.63) is 36.4 Å². The highest BCUT2D eigenvalue weighted by molar-refractivity contribution is 7.74. The second-order valence-electron chi connectivity index (χ2n) is 4.39. The van der Waals surface area contributed by atoms with Crippen molar-refractivity contribution < 1.29 is 28.3 Å². The van der Waals surface area contributed by atoms with Gasteiger partial charge in [-0.1, -0.05) is 12.1 Å². The molecule has 1 atom stereocenters. The van der Waals surface area contributed by atoms with Crippen LogP contribution in [0.2, 0.25) is 0 Å². The first-order valence-electron chi connectivity index (χ1n) is 5.86. The smallest absolute Gasteiger partial charge is 0.147 e. The molecule has 0 saturated heterocycles. The Morgan fingerprint density at radius 3 is 2.38 bits per heavy atom. The molecule has 0 amide bonds. The number of hydrogen-bond donors (Lipinski definition) is 3. The van der Waals surface area contributed by atoms with Gasteiger partial charge in [0, 0.05) is 16.2 Å². The van der Waals surface area contributed by atoms with Gasteiger partial charge in [0.25, 0.3) is 0 Å². The first-order valence-corrected chi connectivity index (χ1v) is 6.86. The number of benzene rings is 3. The number of phenolic OH excluding ortho intramolecular Hbond substituents is 3. The molecule has 0 bridgehead atoms. The fourth-order valence-electron chi connectivity index (χ4n) is 2.32. The van der Waals surface area contributed by atoms with Crippen LogP contribution in [-0.4, -0.2) is 24.1 Å². The van der Waals surface area contributed by atoms with Gasteiger partial charge < -0.3 is 24.1 Å². The zero-order chi connectivity index (χ0) is 15.1. The van der Waals surface area contributed by atoms with Gasteiger partial charge in [0.1, 0.15) is 34.4 Å². The highest BCUT2D eigenvalue weighted by Crippen LogP contribution is 2.44. The lowest BCUT2D eigenvalue weighted by Crippen LogP contribution is -1.98. The van der Waals surface area contributed by atoms with E-state index >= 15 is 0 Å². The number of phenols is 3. The molecule has 0 aliphatic heterocycles. The molecular weight excluding hydrogens is 296 g/mol. The molecule has 108 valence electrons. The average molecular weight is 305 g/mol. The number of rotatable bonds is 2. The van der Waals surface area contributed by atoms with Crippen molar-refractivity contribution in [1.29, 1.82) is 0 Å². The Hall–Kier alpha value is -2.51. The lowest BCUT2D eigenvalue weighted by atomic mass is 10.0. The van der Waals surface area contributed by atoms with E-state index in [-0.39, 0.29) is 33.8 Å². The van der Waals surface area contributed by atoms with E-state index in [9.17, 15) is 24.1 Å². The Morgan fingerprint density at radius 1 is 0.952 bits per heavy atom. The maximum Gasteiger partial charge on any atom is 0.147 e. The van der Waals surface area contributed by atoms with Crippen LogP contribution in [0.3, 0.4) is 0 Å². The van der Waals surface area contributed by atoms with E-state index in [4.69, 9.17) is 0 Å². The van der Waals surface area contributed by atoms with E-state index in [0.717, 1.165) is 0 Å². The lowest BCUT2D eigenvalue weighted by Gasteiger charge is -2.13. The van der Waals surface area contributed by atoms with Gasteiger partial charge in [0.2, 0.25) is 0 Å². The van der Waals surface area contributed by atoms with Crippen molar-refractivity contribution in [2.24, 2.45) is 0 Å². The number of fused-ring (bicyclic) bond motifs is 2. The highest BCUT2D eigenvalue weighted by atomic mass is 32.2. The molecule has 0 fully saturated rings. The van der Waals surface area contributed by atoms with Crippen LogP contribution in [-0.2, 0) is 11.4 Å². The summed E-state index contributed by atoms with van der Waals surface area (Å²) in [6, 6.07) is 8.46. The van der Waals surface area contributed by atoms with E-state index in [2.05, 4.69) is 4.18 Å². The molecule has 0 radical (unpaired) electrons. The maximum atomic E-state index is 10.7. The van der Waals surface area contributed by atoms with Crippen molar-refractivity contribution >= 4 is 32.9 Å². The van der Waals surface area contributed by atoms with E-state index in [1.165, 1.54) is 30.3 Å². The second-order valence-corrected chi connectivity index (χ2v) is 4.97. The Labute approximate surface area is 121 Å². The third-order valence-electron chi connectivity index (χ3n) is 3.21. The van der Waals surface area contributed by atoms with Gasteiger partial charge in [0.05, 0.1) is 5.39 Å². The van der Waals surface area contributed by atoms with Crippen molar-refractivity contribution in [2.75, 3.05) is 0 Å². The first-order chi connectivity index (χ1) is 9.99. The lowest BCUT2D eigenvalue weighted by molar-refractivity contribution is 0.442. The quantitative estimate of drug-likeness (QED) is 0.380. The zero-order valence-corrected chi connectivity index (χ0v) is 11.3. The van der Waals surface area contributed by atoms with E-state index in [0.29, 0.717) is 10.8 Å². The van der Waals surface area contributed by atoms with Crippen LogP contribution in [0.4, 0.5) is 0 Å². The first kappa shape index (κ1) is 13.5. The molecule has 0 aliphatic carbocycles. The summed E-state index contributed by atoms with van der Waals surface area (Å²) in [5.41, 5.74) is 0. The predicted octanol–water partition coefficient (Wildman–Crippen LogP) is 2.28. The minimum absolute atomic E-state index is 0.0146. The van der Waals surface area contributed by atoms with Crippen LogP contribution in [0.1, 0.15) is 0 Å². The normalized spacial score (nSPS) is 12.6. The predicted molar refractivity (Wildman–Crippen MR) is 76.0 cm³/mol. The summed E-state index contributed by atoms with van der Waals surface area (Å²) in [6.45, 7) is 0. The van der Waals surface area contributed by atoms with Crippen LogP contribution >= 0.6 is 0 Å². The topological polar surface area (TPSA) is 110 Å². The Kier molecular flexibility index (Phi) is 3.08. The molecule has 3 aromatic carbocycles. The van der Waals surface area contributed by atoms with Crippen LogP contribution in [0.15, 0.2) is 36.4 Å². The summed E-state index contributed by atoms with van der Waals surface area (Å²) in [7, 11) is 0. The zero-order valence-electron chi connectivity index (χ0n) is 10.4. The van der Waals surface area contributed by atoms with Gasteiger partial charge in [-0.2, -0.15) is 0 Å². The molecule has 3 N–H and O–H groups in total. The molecule has 0 aliphatic rings. The van der Waals surface area contributed by atoms with Crippen LogP contribution in [0.5, 0.6) is 23.0 Å². The average Bonchev–Trinajstić information content (AvgIpc) is 2.43. The molecule has 1 unspecified atom stereocenters. The second kappa shape index (κ2) is 4.80. The molecule has 21 heavy (non-hydrogen) atoms. The monoisotopic (exact) mass is 305 g/mol. The van der Waals surface area contributed by atoms with Gasteiger partial charge in [-0.3, -0.25) is 0 Å². The summed E-state index contributed by atoms with van der Waals surface area (Å²) >= 11 is -2.77. The largest absolute Gasteiger partial charge is 0.740 e. The Balaban J connectivity index is 2.48. The fourth-order valence-corrected chi connectivity index (χ4v) is 2.61. The highest BCUT2D eigenvalue weighted by Gasteiger charge is 2.15. The number of aromatic hydroxyl groups is 3. The molecule has 0 heterocycles. The summed E-state index contributed by atoms with van der Waals surface area (Å²) in [6.07, 6.45) is 0. The third kappa shape index (κ3) is 2.12. The maximum absolute atomic E-state index is 10.7. The minimum Gasteiger partial charge on any atom is -0.740 e. The van der Waals surface area contributed by atoms with Crippen molar-refractivity contribution in [1.82, 2.24) is 0 Å². The summed E-state index contributed by atoms with van der Waals surface area (Å²) in [5.74, 6) is -0.599. The molecule has 0 aromatic heterocycles. The molecule has 3 aromatic rings. The molecule has 3 rings (SSSR count). The Bertz CT molecular complexity index is 890. The van der Waals surface area contributed by atoms with Crippen LogP contribution in [0, 0.1) is 0 Å². The van der Waals surface area contributed by atoms with Gasteiger partial charge >= 0.3 is 0 Å². The standard InChI is InChI=1S/C14H10O6S/c15-10-4-5-11(16)13-9(10)6-8-7(14(13)17)2-1-3-12(8)20-21(18)19/h1-6,15-17H,(H,18,19)/p-1. The molecule has 0 saturated carbocycles. The third-order valence-corrected chi connectivity index (χ3v) is 3.52. The molecule has 7 heteroatoms. The van der Waals surface area contributed by atoms with Crippen molar-refractivity contribution in [3.8, 4) is 23.0 Å². The van der Waals surface area contributed by atoms with Crippen molar-refractivity contribution in [2.45, 2.75) is 0 Å². The fraction of sp³-hybridized carbons (Fsp3) is 0. The summed E-state index contributed by atoms with van der Waals surface area (Å²) in [5, 5.41) is 30.9. The van der Waals surface area contributed by atoms with Gasteiger partial charge in [-0.15, -0.1) is 0 Å². The van der Waals surface area contributed by atoms with E-state index in [1.54, 1.807) is 6.07 Å². The van der Waals surface area contributed by atoms with E-state index < -0.39 is 11.4 Å². The van der Waals surface area contributed by atoms with Crippen molar-refractivity contribution in [3.63, 3.8) is 0 Å². The van der Waals surface area contributed by atoms with Gasteiger partial charge in [0.15, 0.2) is 0 Å². The van der Waals surface area contributed by atoms with Crippen LogP contribution < -0.4 is 4.18 Å². The van der Waals surface area contributed by atoms with Gasteiger partial charge in [-0.25, -0.2) is 4.21 Å². The van der Waals surface area contributed by atoms with Gasteiger partial charge in [-0.05, 0) is 24.3 Å². The molecule has 0 spiro atoms. The minimum atomic E-state index is -2.77. The SMILES string of the molecule is O=S([O-])Oc1cccc2c(O)c3c(O)ccc(O)c3cc12. The number of hydrogen-bond acceptors (Lipinski definition) is 6.